The number of carbonyl (C=O) groups excluding carboxylic acids is 2. The maximum absolute atomic E-state index is 13.1. The van der Waals surface area contributed by atoms with Crippen LogP contribution in [0.2, 0.25) is 5.02 Å². The summed E-state index contributed by atoms with van der Waals surface area (Å²) in [5, 5.41) is 0.418. The first-order chi connectivity index (χ1) is 13.7. The number of fused-ring (bicyclic) bond motifs is 1. The van der Waals surface area contributed by atoms with Crippen LogP contribution in [-0.4, -0.2) is 40.2 Å². The van der Waals surface area contributed by atoms with Crippen LogP contribution >= 0.6 is 11.6 Å². The van der Waals surface area contributed by atoms with Crippen molar-refractivity contribution in [2.75, 3.05) is 22.9 Å². The molecule has 0 saturated heterocycles. The van der Waals surface area contributed by atoms with E-state index >= 15 is 0 Å². The standard InChI is InChI=1S/C19H19ClN2O6S/c1-4-27-18(23)12(2)28-15-9-10-17-16(11-15)21(3)19(24)22(29(17,25)26)14-7-5-13(20)6-8-14/h5-12H,4H2,1-3H3. The quantitative estimate of drug-likeness (QED) is 0.664. The van der Waals surface area contributed by atoms with Crippen LogP contribution in [0.5, 0.6) is 5.75 Å². The fourth-order valence-corrected chi connectivity index (χ4v) is 4.58. The molecule has 0 N–H and O–H groups in total. The number of esters is 1. The predicted molar refractivity (Wildman–Crippen MR) is 108 cm³/mol. The average molecular weight is 439 g/mol. The first-order valence-corrected chi connectivity index (χ1v) is 10.5. The highest BCUT2D eigenvalue weighted by Gasteiger charge is 2.41. The molecule has 2 aromatic rings. The molecule has 0 saturated carbocycles. The van der Waals surface area contributed by atoms with E-state index in [1.165, 1.54) is 61.3 Å². The summed E-state index contributed by atoms with van der Waals surface area (Å²) in [6.07, 6.45) is -0.889. The number of ether oxygens (including phenoxy) is 2. The maximum atomic E-state index is 13.1. The molecule has 154 valence electrons. The molecule has 1 heterocycles. The summed E-state index contributed by atoms with van der Waals surface area (Å²) in [6, 6.07) is 9.32. The molecule has 0 aliphatic carbocycles. The SMILES string of the molecule is CCOC(=O)C(C)Oc1ccc2c(c1)N(C)C(=O)N(c1ccc(Cl)cc1)S2(=O)=O. The van der Waals surface area contributed by atoms with Crippen molar-refractivity contribution in [3.8, 4) is 5.75 Å². The first kappa shape index (κ1) is 20.9. The number of sulfonamides is 1. The van der Waals surface area contributed by atoms with Crippen LogP contribution < -0.4 is 13.9 Å². The Morgan fingerprint density at radius 2 is 1.83 bits per heavy atom. The molecule has 1 aliphatic rings. The van der Waals surface area contributed by atoms with Gasteiger partial charge in [0.2, 0.25) is 0 Å². The number of nitrogens with zero attached hydrogens (tertiary/aromatic N) is 2. The van der Waals surface area contributed by atoms with E-state index in [1.807, 2.05) is 0 Å². The van der Waals surface area contributed by atoms with Gasteiger partial charge in [-0.15, -0.1) is 0 Å². The largest absolute Gasteiger partial charge is 0.479 e. The van der Waals surface area contributed by atoms with Crippen molar-refractivity contribution in [3.63, 3.8) is 0 Å². The van der Waals surface area contributed by atoms with Crippen molar-refractivity contribution in [3.05, 3.63) is 47.5 Å². The molecule has 3 rings (SSSR count). The van der Waals surface area contributed by atoms with Gasteiger partial charge in [0.05, 0.1) is 18.0 Å². The lowest BCUT2D eigenvalue weighted by molar-refractivity contribution is -0.150. The summed E-state index contributed by atoms with van der Waals surface area (Å²) in [5.41, 5.74) is 0.321. The van der Waals surface area contributed by atoms with E-state index in [0.29, 0.717) is 9.33 Å². The normalized spacial score (nSPS) is 16.2. The zero-order valence-corrected chi connectivity index (χ0v) is 17.5. The molecule has 0 bridgehead atoms. The Balaban J connectivity index is 1.99. The van der Waals surface area contributed by atoms with Gasteiger partial charge in [-0.1, -0.05) is 11.6 Å². The van der Waals surface area contributed by atoms with E-state index in [1.54, 1.807) is 6.92 Å². The Morgan fingerprint density at radius 3 is 2.45 bits per heavy atom. The second kappa shape index (κ2) is 7.92. The highest BCUT2D eigenvalue weighted by Crippen LogP contribution is 2.38. The lowest BCUT2D eigenvalue weighted by atomic mass is 10.2. The number of benzene rings is 2. The highest BCUT2D eigenvalue weighted by atomic mass is 35.5. The van der Waals surface area contributed by atoms with Gasteiger partial charge in [0.15, 0.2) is 6.10 Å². The van der Waals surface area contributed by atoms with E-state index in [4.69, 9.17) is 21.1 Å². The molecule has 29 heavy (non-hydrogen) atoms. The highest BCUT2D eigenvalue weighted by molar-refractivity contribution is 7.94. The van der Waals surface area contributed by atoms with Crippen LogP contribution in [-0.2, 0) is 19.6 Å². The number of rotatable bonds is 5. The molecule has 8 nitrogen and oxygen atoms in total. The Bertz CT molecular complexity index is 1050. The van der Waals surface area contributed by atoms with Gasteiger partial charge in [0.25, 0.3) is 10.0 Å². The number of anilines is 2. The van der Waals surface area contributed by atoms with E-state index in [9.17, 15) is 18.0 Å². The first-order valence-electron chi connectivity index (χ1n) is 8.72. The number of urea groups is 1. The summed E-state index contributed by atoms with van der Waals surface area (Å²) >= 11 is 5.86. The summed E-state index contributed by atoms with van der Waals surface area (Å²) in [7, 11) is -2.69. The van der Waals surface area contributed by atoms with Crippen LogP contribution in [0.1, 0.15) is 13.8 Å². The Labute approximate surface area is 173 Å². The van der Waals surface area contributed by atoms with Crippen molar-refractivity contribution in [2.45, 2.75) is 24.8 Å². The molecule has 10 heteroatoms. The molecule has 0 aromatic heterocycles. The molecular weight excluding hydrogens is 420 g/mol. The van der Waals surface area contributed by atoms with Gasteiger partial charge in [0.1, 0.15) is 10.6 Å². The molecule has 2 aromatic carbocycles. The van der Waals surface area contributed by atoms with Crippen LogP contribution in [0.3, 0.4) is 0 Å². The fourth-order valence-electron chi connectivity index (χ4n) is 2.83. The Morgan fingerprint density at radius 1 is 1.17 bits per heavy atom. The van der Waals surface area contributed by atoms with Crippen LogP contribution in [0.25, 0.3) is 0 Å². The second-order valence-electron chi connectivity index (χ2n) is 6.23. The maximum Gasteiger partial charge on any atom is 0.347 e. The molecule has 1 unspecified atom stereocenters. The lowest BCUT2D eigenvalue weighted by Gasteiger charge is -2.34. The number of amides is 2. The third kappa shape index (κ3) is 3.88. The molecule has 0 spiro atoms. The minimum absolute atomic E-state index is 0.0642. The number of halogens is 1. The molecular formula is C19H19ClN2O6S. The number of hydrogen-bond acceptors (Lipinski definition) is 6. The smallest absolute Gasteiger partial charge is 0.347 e. The van der Waals surface area contributed by atoms with Gasteiger partial charge < -0.3 is 9.47 Å². The van der Waals surface area contributed by atoms with Crippen molar-refractivity contribution >= 4 is 45.0 Å². The van der Waals surface area contributed by atoms with Gasteiger partial charge in [0, 0.05) is 18.1 Å². The summed E-state index contributed by atoms with van der Waals surface area (Å²) in [4.78, 5) is 25.7. The lowest BCUT2D eigenvalue weighted by Crippen LogP contribution is -2.49. The van der Waals surface area contributed by atoms with Crippen LogP contribution in [0, 0.1) is 0 Å². The number of hydrogen-bond donors (Lipinski definition) is 0. The fraction of sp³-hybridized carbons (Fsp3) is 0.263. The van der Waals surface area contributed by atoms with Crippen molar-refractivity contribution < 1.29 is 27.5 Å². The average Bonchev–Trinajstić information content (AvgIpc) is 2.68. The number of carbonyl (C=O) groups is 2. The third-order valence-corrected chi connectivity index (χ3v) is 6.26. The molecule has 1 atom stereocenters. The molecule has 1 aliphatic heterocycles. The Hall–Kier alpha value is -2.78. The zero-order valence-electron chi connectivity index (χ0n) is 16.0. The van der Waals surface area contributed by atoms with Crippen molar-refractivity contribution in [1.29, 1.82) is 0 Å². The summed E-state index contributed by atoms with van der Waals surface area (Å²) in [6.45, 7) is 3.42. The Kier molecular flexibility index (Phi) is 5.72. The van der Waals surface area contributed by atoms with Gasteiger partial charge >= 0.3 is 12.0 Å². The summed E-state index contributed by atoms with van der Waals surface area (Å²) in [5.74, 6) is -0.310. The molecule has 2 amide bonds. The van der Waals surface area contributed by atoms with E-state index in [2.05, 4.69) is 0 Å². The van der Waals surface area contributed by atoms with E-state index in [0.717, 1.165) is 0 Å². The topological polar surface area (TPSA) is 93.2 Å². The van der Waals surface area contributed by atoms with Crippen molar-refractivity contribution in [2.24, 2.45) is 0 Å². The predicted octanol–water partition coefficient (Wildman–Crippen LogP) is 3.44. The van der Waals surface area contributed by atoms with E-state index in [-0.39, 0.29) is 28.6 Å². The monoisotopic (exact) mass is 438 g/mol. The van der Waals surface area contributed by atoms with Gasteiger partial charge in [-0.3, -0.25) is 4.90 Å². The van der Waals surface area contributed by atoms with Crippen molar-refractivity contribution in [1.82, 2.24) is 0 Å². The van der Waals surface area contributed by atoms with Gasteiger partial charge in [-0.05, 0) is 50.2 Å². The minimum atomic E-state index is -4.15. The zero-order chi connectivity index (χ0) is 21.3. The second-order valence-corrected chi connectivity index (χ2v) is 8.42. The van der Waals surface area contributed by atoms with Gasteiger partial charge in [-0.25, -0.2) is 18.0 Å². The molecule has 0 fully saturated rings. The van der Waals surface area contributed by atoms with Gasteiger partial charge in [-0.2, -0.15) is 4.31 Å². The van der Waals surface area contributed by atoms with Crippen LogP contribution in [0.4, 0.5) is 16.2 Å². The van der Waals surface area contributed by atoms with E-state index < -0.39 is 28.1 Å². The molecule has 0 radical (unpaired) electrons. The van der Waals surface area contributed by atoms with Crippen LogP contribution in [0.15, 0.2) is 47.4 Å². The summed E-state index contributed by atoms with van der Waals surface area (Å²) < 4.78 is 37.3. The third-order valence-electron chi connectivity index (χ3n) is 4.26. The minimum Gasteiger partial charge on any atom is -0.479 e.